The van der Waals surface area contributed by atoms with Crippen LogP contribution in [0.3, 0.4) is 0 Å². The normalized spacial score (nSPS) is 12.6. The second kappa shape index (κ2) is 8.28. The lowest BCUT2D eigenvalue weighted by molar-refractivity contribution is 0.490. The molecule has 0 bridgehead atoms. The van der Waals surface area contributed by atoms with Crippen molar-refractivity contribution in [3.63, 3.8) is 0 Å². The highest BCUT2D eigenvalue weighted by atomic mass is 14.9. The lowest BCUT2D eigenvalue weighted by atomic mass is 10.1. The van der Waals surface area contributed by atoms with Gasteiger partial charge in [0.2, 0.25) is 0 Å². The molecule has 1 rings (SSSR count). The minimum absolute atomic E-state index is 0.642. The monoisotopic (exact) mass is 220 g/mol. The number of hydrogen-bond donors (Lipinski definition) is 1. The summed E-state index contributed by atoms with van der Waals surface area (Å²) >= 11 is 0. The smallest absolute Gasteiger partial charge is 0.0300 e. The van der Waals surface area contributed by atoms with Crippen LogP contribution in [0, 0.1) is 0 Å². The van der Waals surface area contributed by atoms with Gasteiger partial charge in [0.25, 0.3) is 0 Å². The van der Waals surface area contributed by atoms with Crippen molar-refractivity contribution in [1.82, 2.24) is 10.3 Å². The fourth-order valence-corrected chi connectivity index (χ4v) is 1.81. The van der Waals surface area contributed by atoms with Crippen LogP contribution in [0.1, 0.15) is 45.1 Å². The van der Waals surface area contributed by atoms with Gasteiger partial charge in [-0.15, -0.1) is 0 Å². The average Bonchev–Trinajstić information content (AvgIpc) is 2.31. The van der Waals surface area contributed by atoms with Gasteiger partial charge < -0.3 is 5.32 Å². The Bertz CT molecular complexity index is 259. The van der Waals surface area contributed by atoms with Gasteiger partial charge in [-0.1, -0.05) is 32.3 Å². The van der Waals surface area contributed by atoms with E-state index in [0.717, 1.165) is 13.0 Å². The first-order valence-corrected chi connectivity index (χ1v) is 6.45. The molecule has 2 nitrogen and oxygen atoms in total. The molecule has 0 amide bonds. The summed E-state index contributed by atoms with van der Waals surface area (Å²) in [4.78, 5) is 4.12. The predicted molar refractivity (Wildman–Crippen MR) is 69.5 cm³/mol. The van der Waals surface area contributed by atoms with Crippen LogP contribution in [0.5, 0.6) is 0 Å². The Morgan fingerprint density at radius 2 is 2.25 bits per heavy atom. The Kier molecular flexibility index (Phi) is 6.82. The van der Waals surface area contributed by atoms with E-state index in [1.807, 2.05) is 18.5 Å². The summed E-state index contributed by atoms with van der Waals surface area (Å²) in [7, 11) is 0. The van der Waals surface area contributed by atoms with Crippen molar-refractivity contribution in [3.05, 3.63) is 30.1 Å². The number of pyridine rings is 1. The van der Waals surface area contributed by atoms with E-state index in [2.05, 4.69) is 30.2 Å². The summed E-state index contributed by atoms with van der Waals surface area (Å²) in [5.41, 5.74) is 1.32. The van der Waals surface area contributed by atoms with Crippen LogP contribution >= 0.6 is 0 Å². The van der Waals surface area contributed by atoms with Crippen LogP contribution in [-0.2, 0) is 6.42 Å². The van der Waals surface area contributed by atoms with Crippen molar-refractivity contribution in [2.75, 3.05) is 6.54 Å². The Hall–Kier alpha value is -0.890. The van der Waals surface area contributed by atoms with Gasteiger partial charge in [0.05, 0.1) is 0 Å². The molecule has 1 heterocycles. The lowest BCUT2D eigenvalue weighted by Gasteiger charge is -2.13. The third-order valence-corrected chi connectivity index (χ3v) is 2.87. The van der Waals surface area contributed by atoms with Gasteiger partial charge in [0.15, 0.2) is 0 Å². The molecule has 16 heavy (non-hydrogen) atoms. The van der Waals surface area contributed by atoms with E-state index in [9.17, 15) is 0 Å². The molecule has 0 aromatic carbocycles. The van der Waals surface area contributed by atoms with Crippen molar-refractivity contribution in [3.8, 4) is 0 Å². The summed E-state index contributed by atoms with van der Waals surface area (Å²) in [6.45, 7) is 5.58. The summed E-state index contributed by atoms with van der Waals surface area (Å²) < 4.78 is 0. The van der Waals surface area contributed by atoms with Gasteiger partial charge >= 0.3 is 0 Å². The van der Waals surface area contributed by atoms with E-state index in [1.54, 1.807) is 0 Å². The topological polar surface area (TPSA) is 24.9 Å². The second-order valence-electron chi connectivity index (χ2n) is 4.46. The number of aromatic nitrogens is 1. The third-order valence-electron chi connectivity index (χ3n) is 2.87. The minimum atomic E-state index is 0.642. The Morgan fingerprint density at radius 1 is 1.38 bits per heavy atom. The molecule has 90 valence electrons. The van der Waals surface area contributed by atoms with E-state index in [0.29, 0.717) is 6.04 Å². The fraction of sp³-hybridized carbons (Fsp3) is 0.643. The molecule has 2 heteroatoms. The van der Waals surface area contributed by atoms with Crippen LogP contribution in [-0.4, -0.2) is 17.6 Å². The quantitative estimate of drug-likeness (QED) is 0.681. The maximum atomic E-state index is 4.12. The van der Waals surface area contributed by atoms with Gasteiger partial charge in [-0.25, -0.2) is 0 Å². The van der Waals surface area contributed by atoms with E-state index in [1.165, 1.54) is 31.2 Å². The van der Waals surface area contributed by atoms with Crippen LogP contribution in [0.2, 0.25) is 0 Å². The first-order valence-electron chi connectivity index (χ1n) is 6.45. The van der Waals surface area contributed by atoms with Crippen LogP contribution in [0.4, 0.5) is 0 Å². The molecule has 0 aliphatic heterocycles. The predicted octanol–water partition coefficient (Wildman–Crippen LogP) is 3.18. The zero-order valence-electron chi connectivity index (χ0n) is 10.6. The average molecular weight is 220 g/mol. The highest BCUT2D eigenvalue weighted by Gasteiger charge is 2.00. The number of hydrogen-bond acceptors (Lipinski definition) is 2. The highest BCUT2D eigenvalue weighted by molar-refractivity contribution is 5.08. The molecule has 0 radical (unpaired) electrons. The number of unbranched alkanes of at least 4 members (excludes halogenated alkanes) is 2. The number of nitrogens with one attached hydrogen (secondary N) is 1. The molecular formula is C14H24N2. The van der Waals surface area contributed by atoms with Gasteiger partial charge in [-0.2, -0.15) is 0 Å². The van der Waals surface area contributed by atoms with Crippen molar-refractivity contribution in [2.45, 2.75) is 52.0 Å². The molecule has 0 spiro atoms. The third kappa shape index (κ3) is 5.86. The first-order chi connectivity index (χ1) is 7.83. The highest BCUT2D eigenvalue weighted by Crippen LogP contribution is 2.03. The number of rotatable bonds is 8. The number of nitrogens with zero attached hydrogens (tertiary/aromatic N) is 1. The van der Waals surface area contributed by atoms with Gasteiger partial charge in [0.1, 0.15) is 0 Å². The molecule has 1 N–H and O–H groups in total. The summed E-state index contributed by atoms with van der Waals surface area (Å²) in [5, 5.41) is 3.56. The SMILES string of the molecule is CCCCCC(C)NCCc1cccnc1. The van der Waals surface area contributed by atoms with Gasteiger partial charge in [-0.3, -0.25) is 4.98 Å². The van der Waals surface area contributed by atoms with Crippen molar-refractivity contribution >= 4 is 0 Å². The van der Waals surface area contributed by atoms with E-state index < -0.39 is 0 Å². The van der Waals surface area contributed by atoms with Crippen molar-refractivity contribution < 1.29 is 0 Å². The Morgan fingerprint density at radius 3 is 2.94 bits per heavy atom. The molecule has 0 saturated heterocycles. The molecule has 1 unspecified atom stereocenters. The van der Waals surface area contributed by atoms with Crippen LogP contribution < -0.4 is 5.32 Å². The Labute approximate surface area is 99.5 Å². The van der Waals surface area contributed by atoms with Crippen LogP contribution in [0.15, 0.2) is 24.5 Å². The zero-order valence-corrected chi connectivity index (χ0v) is 10.6. The maximum Gasteiger partial charge on any atom is 0.0300 e. The fourth-order valence-electron chi connectivity index (χ4n) is 1.81. The van der Waals surface area contributed by atoms with E-state index >= 15 is 0 Å². The first kappa shape index (κ1) is 13.2. The minimum Gasteiger partial charge on any atom is -0.314 e. The zero-order chi connectivity index (χ0) is 11.6. The largest absolute Gasteiger partial charge is 0.314 e. The molecule has 1 atom stereocenters. The molecule has 0 aliphatic carbocycles. The summed E-state index contributed by atoms with van der Waals surface area (Å²) in [6, 6.07) is 4.78. The standard InChI is InChI=1S/C14H24N2/c1-3-4-5-7-13(2)16-11-9-14-8-6-10-15-12-14/h6,8,10,12-13,16H,3-5,7,9,11H2,1-2H3. The van der Waals surface area contributed by atoms with Gasteiger partial charge in [0, 0.05) is 18.4 Å². The molecule has 0 saturated carbocycles. The molecule has 0 aliphatic rings. The van der Waals surface area contributed by atoms with E-state index in [4.69, 9.17) is 0 Å². The van der Waals surface area contributed by atoms with Gasteiger partial charge in [-0.05, 0) is 37.9 Å². The summed E-state index contributed by atoms with van der Waals surface area (Å²) in [6.07, 6.45) is 10.1. The molecule has 1 aromatic heterocycles. The van der Waals surface area contributed by atoms with Crippen molar-refractivity contribution in [1.29, 1.82) is 0 Å². The maximum absolute atomic E-state index is 4.12. The lowest BCUT2D eigenvalue weighted by Crippen LogP contribution is -2.28. The Balaban J connectivity index is 2.06. The summed E-state index contributed by atoms with van der Waals surface area (Å²) in [5.74, 6) is 0. The van der Waals surface area contributed by atoms with Crippen molar-refractivity contribution in [2.24, 2.45) is 0 Å². The molecular weight excluding hydrogens is 196 g/mol. The van der Waals surface area contributed by atoms with E-state index in [-0.39, 0.29) is 0 Å². The molecule has 0 fully saturated rings. The molecule has 1 aromatic rings. The second-order valence-corrected chi connectivity index (χ2v) is 4.46. The van der Waals surface area contributed by atoms with Crippen LogP contribution in [0.25, 0.3) is 0 Å².